The van der Waals surface area contributed by atoms with Gasteiger partial charge in [0.2, 0.25) is 5.95 Å². The van der Waals surface area contributed by atoms with Gasteiger partial charge in [0.15, 0.2) is 0 Å². The second-order valence-electron chi connectivity index (χ2n) is 6.61. The summed E-state index contributed by atoms with van der Waals surface area (Å²) in [7, 11) is 0. The number of anilines is 1. The van der Waals surface area contributed by atoms with E-state index >= 15 is 0 Å². The van der Waals surface area contributed by atoms with Gasteiger partial charge in [0.05, 0.1) is 11.0 Å². The van der Waals surface area contributed by atoms with E-state index < -0.39 is 0 Å². The van der Waals surface area contributed by atoms with Gasteiger partial charge < -0.3 is 10.5 Å². The minimum absolute atomic E-state index is 0. The van der Waals surface area contributed by atoms with Crippen LogP contribution in [0.25, 0.3) is 11.0 Å². The average Bonchev–Trinajstić information content (AvgIpc) is 2.91. The first kappa shape index (κ1) is 21.8. The number of para-hydroxylation sites is 2. The number of hydrogen-bond acceptors (Lipinski definition) is 3. The maximum absolute atomic E-state index is 5.96. The number of nitrogens with zero attached hydrogens (tertiary/aromatic N) is 2. The highest BCUT2D eigenvalue weighted by atomic mass is 35.5. The van der Waals surface area contributed by atoms with Crippen LogP contribution in [0.5, 0.6) is 0 Å². The second-order valence-corrected chi connectivity index (χ2v) is 6.61. The van der Waals surface area contributed by atoms with Crippen LogP contribution in [-0.4, -0.2) is 16.2 Å². The van der Waals surface area contributed by atoms with E-state index in [1.54, 1.807) is 0 Å². The molecule has 0 aliphatic heterocycles. The van der Waals surface area contributed by atoms with E-state index in [4.69, 9.17) is 10.5 Å². The molecule has 0 saturated carbocycles. The van der Waals surface area contributed by atoms with Crippen LogP contribution in [0.2, 0.25) is 0 Å². The molecule has 25 heavy (non-hydrogen) atoms. The van der Waals surface area contributed by atoms with Crippen molar-refractivity contribution in [1.82, 2.24) is 9.55 Å². The number of rotatable bonds is 13. The molecule has 0 atom stereocenters. The van der Waals surface area contributed by atoms with E-state index in [9.17, 15) is 0 Å². The molecule has 0 saturated heterocycles. The standard InChI is InChI=1S/C20H33N3O.ClH/c1-2-3-4-5-6-7-8-9-10-13-16-24-17-23-19-15-12-11-14-18(19)22-20(23)21;/h11-12,14-15H,2-10,13,16-17H2,1H3,(H2,21,22);1H. The topological polar surface area (TPSA) is 53.1 Å². The van der Waals surface area contributed by atoms with Gasteiger partial charge in [-0.3, -0.25) is 4.57 Å². The predicted molar refractivity (Wildman–Crippen MR) is 109 cm³/mol. The molecule has 0 amide bonds. The number of unbranched alkanes of at least 4 members (excludes halogenated alkanes) is 9. The molecular weight excluding hydrogens is 334 g/mol. The largest absolute Gasteiger partial charge is 0.369 e. The fourth-order valence-electron chi connectivity index (χ4n) is 3.08. The molecule has 2 rings (SSSR count). The number of nitrogens with two attached hydrogens (primary N) is 1. The summed E-state index contributed by atoms with van der Waals surface area (Å²) in [5.41, 5.74) is 7.93. The Bertz CT molecular complexity index is 585. The van der Waals surface area contributed by atoms with E-state index in [2.05, 4.69) is 11.9 Å². The Morgan fingerprint density at radius 1 is 0.920 bits per heavy atom. The lowest BCUT2D eigenvalue weighted by molar-refractivity contribution is 0.0776. The molecule has 0 radical (unpaired) electrons. The Labute approximate surface area is 158 Å². The Hall–Kier alpha value is -1.26. The van der Waals surface area contributed by atoms with Gasteiger partial charge in [-0.1, -0.05) is 76.8 Å². The molecule has 4 nitrogen and oxygen atoms in total. The fourth-order valence-corrected chi connectivity index (χ4v) is 3.08. The minimum atomic E-state index is 0. The summed E-state index contributed by atoms with van der Waals surface area (Å²) in [6, 6.07) is 7.99. The first-order chi connectivity index (χ1) is 11.8. The third-order valence-corrected chi connectivity index (χ3v) is 4.55. The molecule has 2 N–H and O–H groups in total. The first-order valence-electron chi connectivity index (χ1n) is 9.61. The van der Waals surface area contributed by atoms with E-state index in [1.165, 1.54) is 57.8 Å². The molecule has 0 bridgehead atoms. The molecule has 5 heteroatoms. The van der Waals surface area contributed by atoms with Crippen molar-refractivity contribution in [3.8, 4) is 0 Å². The Morgan fingerprint density at radius 3 is 2.20 bits per heavy atom. The van der Waals surface area contributed by atoms with Crippen molar-refractivity contribution in [3.05, 3.63) is 24.3 Å². The molecule has 0 aliphatic rings. The third-order valence-electron chi connectivity index (χ3n) is 4.55. The highest BCUT2D eigenvalue weighted by Crippen LogP contribution is 2.17. The van der Waals surface area contributed by atoms with Crippen LogP contribution >= 0.6 is 12.4 Å². The molecule has 1 heterocycles. The van der Waals surface area contributed by atoms with E-state index in [1.807, 2.05) is 28.8 Å². The number of ether oxygens (including phenoxy) is 1. The van der Waals surface area contributed by atoms with Crippen LogP contribution in [0.15, 0.2) is 24.3 Å². The molecule has 0 spiro atoms. The molecule has 1 aromatic heterocycles. The van der Waals surface area contributed by atoms with Gasteiger partial charge in [0, 0.05) is 6.61 Å². The van der Waals surface area contributed by atoms with Gasteiger partial charge in [-0.2, -0.15) is 0 Å². The summed E-state index contributed by atoms with van der Waals surface area (Å²) in [5, 5.41) is 0. The van der Waals surface area contributed by atoms with E-state index in [0.29, 0.717) is 12.7 Å². The van der Waals surface area contributed by atoms with Gasteiger partial charge in [-0.05, 0) is 18.6 Å². The molecule has 1 aromatic carbocycles. The number of hydrogen-bond donors (Lipinski definition) is 1. The SMILES string of the molecule is CCCCCCCCCCCCOCn1c(N)nc2ccccc21.Cl. The average molecular weight is 368 g/mol. The van der Waals surface area contributed by atoms with Crippen LogP contribution in [0, 0.1) is 0 Å². The van der Waals surface area contributed by atoms with Gasteiger partial charge >= 0.3 is 0 Å². The van der Waals surface area contributed by atoms with Gasteiger partial charge in [0.25, 0.3) is 0 Å². The zero-order valence-corrected chi connectivity index (χ0v) is 16.4. The van der Waals surface area contributed by atoms with Crippen LogP contribution < -0.4 is 5.73 Å². The van der Waals surface area contributed by atoms with Gasteiger partial charge in [0.1, 0.15) is 6.73 Å². The van der Waals surface area contributed by atoms with Crippen molar-refractivity contribution in [2.75, 3.05) is 12.3 Å². The highest BCUT2D eigenvalue weighted by molar-refractivity contribution is 5.85. The molecular formula is C20H34ClN3O. The van der Waals surface area contributed by atoms with Crippen LogP contribution in [0.4, 0.5) is 5.95 Å². The normalized spacial score (nSPS) is 10.9. The number of imidazole rings is 1. The molecule has 0 aliphatic carbocycles. The van der Waals surface area contributed by atoms with Crippen molar-refractivity contribution < 1.29 is 4.74 Å². The van der Waals surface area contributed by atoms with Gasteiger partial charge in [-0.15, -0.1) is 12.4 Å². The van der Waals surface area contributed by atoms with Crippen LogP contribution in [0.1, 0.15) is 71.1 Å². The number of fused-ring (bicyclic) bond motifs is 1. The van der Waals surface area contributed by atoms with Crippen LogP contribution in [-0.2, 0) is 11.5 Å². The Kier molecular flexibility index (Phi) is 11.3. The predicted octanol–water partition coefficient (Wildman–Crippen LogP) is 5.94. The zero-order chi connectivity index (χ0) is 17.0. The van der Waals surface area contributed by atoms with Crippen molar-refractivity contribution >= 4 is 29.4 Å². The maximum atomic E-state index is 5.96. The van der Waals surface area contributed by atoms with Crippen molar-refractivity contribution in [2.45, 2.75) is 77.9 Å². The number of halogens is 1. The highest BCUT2D eigenvalue weighted by Gasteiger charge is 2.06. The molecule has 142 valence electrons. The zero-order valence-electron chi connectivity index (χ0n) is 15.6. The van der Waals surface area contributed by atoms with Crippen LogP contribution in [0.3, 0.4) is 0 Å². The van der Waals surface area contributed by atoms with E-state index in [0.717, 1.165) is 24.1 Å². The summed E-state index contributed by atoms with van der Waals surface area (Å²) >= 11 is 0. The van der Waals surface area contributed by atoms with Gasteiger partial charge in [-0.25, -0.2) is 4.98 Å². The summed E-state index contributed by atoms with van der Waals surface area (Å²) in [4.78, 5) is 4.35. The maximum Gasteiger partial charge on any atom is 0.203 e. The first-order valence-corrected chi connectivity index (χ1v) is 9.61. The monoisotopic (exact) mass is 367 g/mol. The molecule has 0 unspecified atom stereocenters. The van der Waals surface area contributed by atoms with E-state index in [-0.39, 0.29) is 12.4 Å². The summed E-state index contributed by atoms with van der Waals surface area (Å²) < 4.78 is 7.72. The third kappa shape index (κ3) is 7.66. The number of nitrogen functional groups attached to an aromatic ring is 1. The smallest absolute Gasteiger partial charge is 0.203 e. The molecule has 0 fully saturated rings. The quantitative estimate of drug-likeness (QED) is 0.446. The lowest BCUT2D eigenvalue weighted by Gasteiger charge is -2.08. The summed E-state index contributed by atoms with van der Waals surface area (Å²) in [5.74, 6) is 0.527. The number of aromatic nitrogens is 2. The lowest BCUT2D eigenvalue weighted by Crippen LogP contribution is -2.07. The summed E-state index contributed by atoms with van der Waals surface area (Å²) in [6.45, 7) is 3.55. The lowest BCUT2D eigenvalue weighted by atomic mass is 10.1. The van der Waals surface area contributed by atoms with Crippen molar-refractivity contribution in [2.24, 2.45) is 0 Å². The summed E-state index contributed by atoms with van der Waals surface area (Å²) in [6.07, 6.45) is 13.4. The second kappa shape index (κ2) is 13.0. The number of benzene rings is 1. The fraction of sp³-hybridized carbons (Fsp3) is 0.650. The Morgan fingerprint density at radius 2 is 1.52 bits per heavy atom. The minimum Gasteiger partial charge on any atom is -0.369 e. The Balaban J connectivity index is 0.00000312. The molecule has 2 aromatic rings. The van der Waals surface area contributed by atoms with Crippen molar-refractivity contribution in [1.29, 1.82) is 0 Å². The van der Waals surface area contributed by atoms with Crippen molar-refractivity contribution in [3.63, 3.8) is 0 Å².